The third-order valence-corrected chi connectivity index (χ3v) is 2.22. The van der Waals surface area contributed by atoms with Crippen molar-refractivity contribution >= 4 is 11.9 Å². The summed E-state index contributed by atoms with van der Waals surface area (Å²) < 4.78 is 0. The number of hydrogen-bond donors (Lipinski definition) is 2. The molecule has 4 heteroatoms. The summed E-state index contributed by atoms with van der Waals surface area (Å²) in [4.78, 5) is 21.8. The molecule has 1 amide bonds. The third kappa shape index (κ3) is 1.75. The molecule has 0 spiro atoms. The molecular formula is C8H13NO3. The van der Waals surface area contributed by atoms with Crippen molar-refractivity contribution in [1.82, 2.24) is 5.32 Å². The molecule has 68 valence electrons. The fraction of sp³-hybridized carbons (Fsp3) is 0.750. The van der Waals surface area contributed by atoms with Gasteiger partial charge in [-0.3, -0.25) is 4.79 Å². The van der Waals surface area contributed by atoms with Gasteiger partial charge in [0.05, 0.1) is 0 Å². The topological polar surface area (TPSA) is 66.4 Å². The van der Waals surface area contributed by atoms with Crippen LogP contribution in [0.5, 0.6) is 0 Å². The smallest absolute Gasteiger partial charge is 0.329 e. The lowest BCUT2D eigenvalue weighted by atomic mass is 9.97. The Balaban J connectivity index is 2.74. The molecule has 0 aliphatic carbocycles. The first-order valence-corrected chi connectivity index (χ1v) is 4.09. The first kappa shape index (κ1) is 9.03. The Morgan fingerprint density at radius 2 is 2.25 bits per heavy atom. The number of amides is 1. The van der Waals surface area contributed by atoms with Gasteiger partial charge in [-0.25, -0.2) is 4.79 Å². The highest BCUT2D eigenvalue weighted by Crippen LogP contribution is 2.18. The van der Waals surface area contributed by atoms with Crippen LogP contribution in [0.15, 0.2) is 0 Å². The number of carboxylic acid groups (broad SMARTS) is 1. The molecule has 1 aliphatic heterocycles. The minimum Gasteiger partial charge on any atom is -0.480 e. The Bertz CT molecular complexity index is 214. The van der Waals surface area contributed by atoms with E-state index in [0.717, 1.165) is 12.8 Å². The van der Waals surface area contributed by atoms with Crippen LogP contribution in [0.3, 0.4) is 0 Å². The van der Waals surface area contributed by atoms with E-state index >= 15 is 0 Å². The van der Waals surface area contributed by atoms with E-state index in [1.165, 1.54) is 0 Å². The first-order chi connectivity index (χ1) is 5.54. The Kier molecular flexibility index (Phi) is 2.35. The number of nitrogens with one attached hydrogen (secondary N) is 1. The van der Waals surface area contributed by atoms with Crippen molar-refractivity contribution < 1.29 is 14.7 Å². The second-order valence-electron chi connectivity index (χ2n) is 3.39. The zero-order valence-electron chi connectivity index (χ0n) is 7.09. The SMILES string of the molecule is C[C@@]1(C(=O)O)CCCCC(=O)N1. The van der Waals surface area contributed by atoms with Crippen LogP contribution in [0.4, 0.5) is 0 Å². The monoisotopic (exact) mass is 171 g/mol. The van der Waals surface area contributed by atoms with Crippen LogP contribution in [0, 0.1) is 0 Å². The second kappa shape index (κ2) is 3.13. The van der Waals surface area contributed by atoms with Crippen molar-refractivity contribution in [2.45, 2.75) is 38.1 Å². The highest BCUT2D eigenvalue weighted by atomic mass is 16.4. The predicted octanol–water partition coefficient (Wildman–Crippen LogP) is 0.520. The maximum absolute atomic E-state index is 11.0. The summed E-state index contributed by atoms with van der Waals surface area (Å²) in [5.41, 5.74) is -1.05. The molecule has 0 aromatic heterocycles. The molecule has 1 fully saturated rings. The number of aliphatic carboxylic acids is 1. The standard InChI is InChI=1S/C8H13NO3/c1-8(7(11)12)5-3-2-4-6(10)9-8/h2-5H2,1H3,(H,9,10)(H,11,12)/t8-/m0/s1. The lowest BCUT2D eigenvalue weighted by Gasteiger charge is -2.23. The maximum Gasteiger partial charge on any atom is 0.329 e. The van der Waals surface area contributed by atoms with E-state index in [9.17, 15) is 9.59 Å². The van der Waals surface area contributed by atoms with E-state index in [0.29, 0.717) is 12.8 Å². The first-order valence-electron chi connectivity index (χ1n) is 4.09. The molecule has 4 nitrogen and oxygen atoms in total. The largest absolute Gasteiger partial charge is 0.480 e. The summed E-state index contributed by atoms with van der Waals surface area (Å²) in [5.74, 6) is -1.10. The molecule has 0 aromatic carbocycles. The summed E-state index contributed by atoms with van der Waals surface area (Å²) in [7, 11) is 0. The molecule has 1 saturated heterocycles. The molecule has 12 heavy (non-hydrogen) atoms. The normalized spacial score (nSPS) is 30.6. The maximum atomic E-state index is 11.0. The fourth-order valence-corrected chi connectivity index (χ4v) is 1.36. The molecule has 0 unspecified atom stereocenters. The zero-order valence-corrected chi connectivity index (χ0v) is 7.09. The van der Waals surface area contributed by atoms with Gasteiger partial charge in [0.15, 0.2) is 0 Å². The van der Waals surface area contributed by atoms with Crippen LogP contribution in [0.1, 0.15) is 32.6 Å². The van der Waals surface area contributed by atoms with Gasteiger partial charge in [0, 0.05) is 6.42 Å². The molecular weight excluding hydrogens is 158 g/mol. The van der Waals surface area contributed by atoms with Gasteiger partial charge in [0.2, 0.25) is 5.91 Å². The van der Waals surface area contributed by atoms with Gasteiger partial charge in [0.1, 0.15) is 5.54 Å². The lowest BCUT2D eigenvalue weighted by Crippen LogP contribution is -2.50. The lowest BCUT2D eigenvalue weighted by molar-refractivity contribution is -0.146. The van der Waals surface area contributed by atoms with E-state index in [4.69, 9.17) is 5.11 Å². The molecule has 1 atom stereocenters. The highest BCUT2D eigenvalue weighted by Gasteiger charge is 2.35. The summed E-state index contributed by atoms with van der Waals surface area (Å²) >= 11 is 0. The molecule has 0 bridgehead atoms. The van der Waals surface area contributed by atoms with E-state index < -0.39 is 11.5 Å². The quantitative estimate of drug-likeness (QED) is 0.604. The van der Waals surface area contributed by atoms with Crippen molar-refractivity contribution in [3.8, 4) is 0 Å². The van der Waals surface area contributed by atoms with Crippen molar-refractivity contribution in [2.24, 2.45) is 0 Å². The highest BCUT2D eigenvalue weighted by molar-refractivity contribution is 5.86. The Morgan fingerprint density at radius 1 is 1.58 bits per heavy atom. The van der Waals surface area contributed by atoms with Gasteiger partial charge in [-0.15, -0.1) is 0 Å². The average molecular weight is 171 g/mol. The Labute approximate surface area is 71.0 Å². The number of carboxylic acids is 1. The predicted molar refractivity (Wildman–Crippen MR) is 42.7 cm³/mol. The molecule has 0 aromatic rings. The molecule has 0 radical (unpaired) electrons. The van der Waals surface area contributed by atoms with Crippen LogP contribution in [-0.4, -0.2) is 22.5 Å². The van der Waals surface area contributed by atoms with E-state index in [2.05, 4.69) is 5.32 Å². The average Bonchev–Trinajstić information content (AvgIpc) is 2.12. The number of hydrogen-bond acceptors (Lipinski definition) is 2. The van der Waals surface area contributed by atoms with Crippen molar-refractivity contribution in [3.05, 3.63) is 0 Å². The number of carbonyl (C=O) groups excluding carboxylic acids is 1. The van der Waals surface area contributed by atoms with Crippen molar-refractivity contribution in [2.75, 3.05) is 0 Å². The Morgan fingerprint density at radius 3 is 2.83 bits per heavy atom. The van der Waals surface area contributed by atoms with Gasteiger partial charge in [0.25, 0.3) is 0 Å². The molecule has 0 saturated carbocycles. The Hall–Kier alpha value is -1.06. The minimum atomic E-state index is -1.05. The second-order valence-corrected chi connectivity index (χ2v) is 3.39. The summed E-state index contributed by atoms with van der Waals surface area (Å²) in [5, 5.41) is 11.3. The number of carbonyl (C=O) groups is 2. The fourth-order valence-electron chi connectivity index (χ4n) is 1.36. The molecule has 1 heterocycles. The van der Waals surface area contributed by atoms with Gasteiger partial charge >= 0.3 is 5.97 Å². The third-order valence-electron chi connectivity index (χ3n) is 2.22. The number of rotatable bonds is 1. The summed E-state index contributed by atoms with van der Waals surface area (Å²) in [6, 6.07) is 0. The van der Waals surface area contributed by atoms with Crippen LogP contribution >= 0.6 is 0 Å². The van der Waals surface area contributed by atoms with Gasteiger partial charge in [-0.1, -0.05) is 6.42 Å². The van der Waals surface area contributed by atoms with Crippen LogP contribution in [0.25, 0.3) is 0 Å². The van der Waals surface area contributed by atoms with Crippen LogP contribution in [-0.2, 0) is 9.59 Å². The van der Waals surface area contributed by atoms with Crippen LogP contribution < -0.4 is 5.32 Å². The minimum absolute atomic E-state index is 0.155. The summed E-state index contributed by atoms with van der Waals surface area (Å²) in [6.45, 7) is 1.55. The van der Waals surface area contributed by atoms with Crippen molar-refractivity contribution in [1.29, 1.82) is 0 Å². The van der Waals surface area contributed by atoms with E-state index in [-0.39, 0.29) is 5.91 Å². The van der Waals surface area contributed by atoms with Crippen LogP contribution in [0.2, 0.25) is 0 Å². The molecule has 1 rings (SSSR count). The van der Waals surface area contributed by atoms with E-state index in [1.807, 2.05) is 0 Å². The summed E-state index contributed by atoms with van der Waals surface area (Å²) in [6.07, 6.45) is 2.55. The van der Waals surface area contributed by atoms with Crippen molar-refractivity contribution in [3.63, 3.8) is 0 Å². The molecule has 1 aliphatic rings. The van der Waals surface area contributed by atoms with E-state index in [1.54, 1.807) is 6.92 Å². The zero-order chi connectivity index (χ0) is 9.19. The van der Waals surface area contributed by atoms with Gasteiger partial charge in [-0.05, 0) is 19.8 Å². The van der Waals surface area contributed by atoms with Gasteiger partial charge in [-0.2, -0.15) is 0 Å². The van der Waals surface area contributed by atoms with Gasteiger partial charge < -0.3 is 10.4 Å². The molecule has 2 N–H and O–H groups in total.